The third-order valence-corrected chi connectivity index (χ3v) is 4.76. The van der Waals surface area contributed by atoms with E-state index in [4.69, 9.17) is 4.74 Å². The lowest BCUT2D eigenvalue weighted by molar-refractivity contribution is 0.187. The molecule has 4 aromatic heterocycles. The second-order valence-corrected chi connectivity index (χ2v) is 7.67. The molecule has 0 aliphatic rings. The number of pyridine rings is 3. The summed E-state index contributed by atoms with van der Waals surface area (Å²) in [5.74, 6) is 1.70. The average Bonchev–Trinajstić information content (AvgIpc) is 2.82. The van der Waals surface area contributed by atoms with Crippen LogP contribution in [-0.2, 0) is 11.8 Å². The Labute approximate surface area is 194 Å². The summed E-state index contributed by atoms with van der Waals surface area (Å²) >= 11 is 0. The van der Waals surface area contributed by atoms with E-state index in [-0.39, 0.29) is 17.4 Å². The van der Waals surface area contributed by atoms with Gasteiger partial charge >= 0.3 is 6.09 Å². The van der Waals surface area contributed by atoms with Crippen molar-refractivity contribution in [2.75, 3.05) is 17.7 Å². The van der Waals surface area contributed by atoms with Gasteiger partial charge in [0.05, 0.1) is 24.6 Å². The molecule has 1 amide bonds. The first kappa shape index (κ1) is 22.6. The highest BCUT2D eigenvalue weighted by atomic mass is 16.5. The highest BCUT2D eigenvalue weighted by Gasteiger charge is 2.13. The summed E-state index contributed by atoms with van der Waals surface area (Å²) in [6, 6.07) is 8.68. The molecule has 0 aliphatic carbocycles. The Balaban J connectivity index is 1.59. The van der Waals surface area contributed by atoms with Gasteiger partial charge < -0.3 is 14.8 Å². The topological polar surface area (TPSA) is 133 Å². The molecule has 174 valence electrons. The van der Waals surface area contributed by atoms with Gasteiger partial charge in [-0.2, -0.15) is 0 Å². The number of fused-ring (bicyclic) bond motifs is 1. The van der Waals surface area contributed by atoms with Crippen LogP contribution in [0.1, 0.15) is 13.8 Å². The van der Waals surface area contributed by atoms with Crippen LogP contribution in [0.5, 0.6) is 11.5 Å². The van der Waals surface area contributed by atoms with Gasteiger partial charge in [0, 0.05) is 36.9 Å². The molecule has 0 aromatic carbocycles. The second kappa shape index (κ2) is 9.53. The number of amides is 1. The van der Waals surface area contributed by atoms with Crippen LogP contribution in [-0.4, -0.2) is 43.7 Å². The number of nitrogens with one attached hydrogen (secondary N) is 2. The van der Waals surface area contributed by atoms with Crippen LogP contribution >= 0.6 is 0 Å². The molecule has 0 radical (unpaired) electrons. The number of aromatic nitrogens is 5. The zero-order valence-electron chi connectivity index (χ0n) is 19.1. The van der Waals surface area contributed by atoms with E-state index < -0.39 is 6.09 Å². The van der Waals surface area contributed by atoms with Crippen molar-refractivity contribution < 1.29 is 14.3 Å². The summed E-state index contributed by atoms with van der Waals surface area (Å²) in [6.07, 6.45) is 3.91. The molecule has 4 aromatic rings. The molecule has 11 heteroatoms. The number of hydrogen-bond acceptors (Lipinski definition) is 9. The number of ether oxygens (including phenoxy) is 2. The van der Waals surface area contributed by atoms with Crippen LogP contribution in [0.4, 0.5) is 16.6 Å². The van der Waals surface area contributed by atoms with Gasteiger partial charge in [-0.05, 0) is 38.1 Å². The van der Waals surface area contributed by atoms with Crippen molar-refractivity contribution in [3.8, 4) is 22.8 Å². The first-order valence-electron chi connectivity index (χ1n) is 10.4. The molecule has 0 saturated heterocycles. The fourth-order valence-corrected chi connectivity index (χ4v) is 3.14. The van der Waals surface area contributed by atoms with Crippen molar-refractivity contribution in [2.45, 2.75) is 19.9 Å². The first-order valence-corrected chi connectivity index (χ1v) is 10.4. The Morgan fingerprint density at radius 1 is 1.06 bits per heavy atom. The van der Waals surface area contributed by atoms with Crippen LogP contribution in [0, 0.1) is 0 Å². The second-order valence-electron chi connectivity index (χ2n) is 7.67. The largest absolute Gasteiger partial charge is 0.456 e. The lowest BCUT2D eigenvalue weighted by Gasteiger charge is -2.13. The van der Waals surface area contributed by atoms with Gasteiger partial charge in [-0.1, -0.05) is 0 Å². The summed E-state index contributed by atoms with van der Waals surface area (Å²) in [5, 5.41) is 6.34. The third kappa shape index (κ3) is 4.93. The predicted octanol–water partition coefficient (Wildman–Crippen LogP) is 3.58. The van der Waals surface area contributed by atoms with E-state index in [0.717, 1.165) is 5.39 Å². The van der Waals surface area contributed by atoms with Crippen molar-refractivity contribution in [3.05, 3.63) is 59.3 Å². The van der Waals surface area contributed by atoms with E-state index in [9.17, 15) is 9.59 Å². The lowest BCUT2D eigenvalue weighted by Crippen LogP contribution is -2.25. The Morgan fingerprint density at radius 2 is 1.88 bits per heavy atom. The quantitative estimate of drug-likeness (QED) is 0.442. The maximum atomic E-state index is 12.8. The normalized spacial score (nSPS) is 10.9. The van der Waals surface area contributed by atoms with Crippen molar-refractivity contribution in [1.29, 1.82) is 0 Å². The first-order chi connectivity index (χ1) is 16.3. The molecule has 0 bridgehead atoms. The highest BCUT2D eigenvalue weighted by molar-refractivity contribution is 5.83. The Bertz CT molecular complexity index is 1420. The summed E-state index contributed by atoms with van der Waals surface area (Å²) in [6.45, 7) is 3.95. The number of anilines is 2. The van der Waals surface area contributed by atoms with Gasteiger partial charge in [0.1, 0.15) is 17.3 Å². The molecule has 0 saturated carbocycles. The van der Waals surface area contributed by atoms with Gasteiger partial charge in [-0.25, -0.2) is 24.7 Å². The monoisotopic (exact) mass is 461 g/mol. The molecule has 4 rings (SSSR count). The molecule has 0 aliphatic heterocycles. The van der Waals surface area contributed by atoms with Crippen molar-refractivity contribution in [1.82, 2.24) is 24.5 Å². The van der Waals surface area contributed by atoms with Gasteiger partial charge in [0.2, 0.25) is 5.95 Å². The van der Waals surface area contributed by atoms with E-state index in [1.165, 1.54) is 30.3 Å². The maximum Gasteiger partial charge on any atom is 0.412 e. The Hall–Kier alpha value is -4.54. The molecule has 0 fully saturated rings. The summed E-state index contributed by atoms with van der Waals surface area (Å²) in [7, 11) is 2.93. The van der Waals surface area contributed by atoms with Crippen LogP contribution in [0.3, 0.4) is 0 Å². The fourth-order valence-electron chi connectivity index (χ4n) is 3.14. The fraction of sp³-hybridized carbons (Fsp3) is 0.217. The van der Waals surface area contributed by atoms with E-state index in [0.29, 0.717) is 34.4 Å². The predicted molar refractivity (Wildman–Crippen MR) is 127 cm³/mol. The zero-order valence-corrected chi connectivity index (χ0v) is 19.1. The van der Waals surface area contributed by atoms with Crippen molar-refractivity contribution in [2.24, 2.45) is 7.05 Å². The number of methoxy groups -OCH3 is 1. The number of carbonyl (C=O) groups is 1. The molecule has 0 spiro atoms. The standard InChI is InChI=1S/C23H23N7O4/c1-13(2)27-22-26-12-17(21(31)30(22)3)18-6-5-14-9-16(11-25-20(14)28-18)34-15-7-8-24-19(10-15)29-23(32)33-4/h5-13H,1-4H3,(H,26,27)(H,24,29,32). The van der Waals surface area contributed by atoms with Gasteiger partial charge in [0.25, 0.3) is 5.56 Å². The molecule has 34 heavy (non-hydrogen) atoms. The lowest BCUT2D eigenvalue weighted by atomic mass is 10.2. The van der Waals surface area contributed by atoms with Crippen LogP contribution < -0.4 is 20.9 Å². The Morgan fingerprint density at radius 3 is 2.65 bits per heavy atom. The van der Waals surface area contributed by atoms with Crippen LogP contribution in [0.2, 0.25) is 0 Å². The summed E-state index contributed by atoms with van der Waals surface area (Å²) in [4.78, 5) is 41.5. The molecule has 2 N–H and O–H groups in total. The molecule has 11 nitrogen and oxygen atoms in total. The smallest absolute Gasteiger partial charge is 0.412 e. The number of nitrogens with zero attached hydrogens (tertiary/aromatic N) is 5. The zero-order chi connectivity index (χ0) is 24.2. The van der Waals surface area contributed by atoms with Crippen molar-refractivity contribution in [3.63, 3.8) is 0 Å². The SMILES string of the molecule is COC(=O)Nc1cc(Oc2cnc3nc(-c4cnc(NC(C)C)n(C)c4=O)ccc3c2)ccn1. The molecule has 4 heterocycles. The maximum absolute atomic E-state index is 12.8. The molecular formula is C23H23N7O4. The number of carbonyl (C=O) groups excluding carboxylic acids is 1. The minimum absolute atomic E-state index is 0.145. The van der Waals surface area contributed by atoms with Crippen LogP contribution in [0.15, 0.2) is 53.7 Å². The average molecular weight is 461 g/mol. The third-order valence-electron chi connectivity index (χ3n) is 4.76. The van der Waals surface area contributed by atoms with Gasteiger partial charge in [0.15, 0.2) is 5.65 Å². The minimum atomic E-state index is -0.630. The highest BCUT2D eigenvalue weighted by Crippen LogP contribution is 2.26. The van der Waals surface area contributed by atoms with E-state index in [1.54, 1.807) is 31.3 Å². The minimum Gasteiger partial charge on any atom is -0.456 e. The number of rotatable bonds is 6. The van der Waals surface area contributed by atoms with Crippen molar-refractivity contribution >= 4 is 28.9 Å². The van der Waals surface area contributed by atoms with E-state index >= 15 is 0 Å². The number of hydrogen-bond donors (Lipinski definition) is 2. The summed E-state index contributed by atoms with van der Waals surface area (Å²) < 4.78 is 11.9. The van der Waals surface area contributed by atoms with Crippen LogP contribution in [0.25, 0.3) is 22.3 Å². The summed E-state index contributed by atoms with van der Waals surface area (Å²) in [5.41, 5.74) is 1.10. The molecular weight excluding hydrogens is 438 g/mol. The van der Waals surface area contributed by atoms with E-state index in [2.05, 4.69) is 35.3 Å². The molecule has 0 atom stereocenters. The van der Waals surface area contributed by atoms with E-state index in [1.807, 2.05) is 19.9 Å². The Kier molecular flexibility index (Phi) is 6.35. The van der Waals surface area contributed by atoms with Gasteiger partial charge in [-0.3, -0.25) is 14.7 Å². The van der Waals surface area contributed by atoms with Gasteiger partial charge in [-0.15, -0.1) is 0 Å². The molecule has 0 unspecified atom stereocenters.